The highest BCUT2D eigenvalue weighted by atomic mass is 32.2. The van der Waals surface area contributed by atoms with Gasteiger partial charge in [-0.3, -0.25) is 10.1 Å². The first-order valence-electron chi connectivity index (χ1n) is 8.30. The maximum atomic E-state index is 12.2. The lowest BCUT2D eigenvalue weighted by Crippen LogP contribution is -2.37. The van der Waals surface area contributed by atoms with Crippen LogP contribution in [0.1, 0.15) is 18.4 Å². The molecule has 2 aromatic rings. The van der Waals surface area contributed by atoms with Crippen LogP contribution in [0, 0.1) is 10.1 Å². The van der Waals surface area contributed by atoms with Crippen LogP contribution in [-0.4, -0.2) is 37.1 Å². The lowest BCUT2D eigenvalue weighted by molar-refractivity contribution is -0.384. The second kappa shape index (κ2) is 7.43. The van der Waals surface area contributed by atoms with Crippen molar-refractivity contribution in [3.8, 4) is 16.9 Å². The summed E-state index contributed by atoms with van der Waals surface area (Å²) in [4.78, 5) is 10.6. The first kappa shape index (κ1) is 18.3. The Morgan fingerprint density at radius 1 is 1.19 bits per heavy atom. The summed E-state index contributed by atoms with van der Waals surface area (Å²) in [5, 5.41) is 11.0. The maximum Gasteiger partial charge on any atom is 0.270 e. The number of sulfonamides is 1. The van der Waals surface area contributed by atoms with Crippen LogP contribution in [0.4, 0.5) is 5.69 Å². The molecular formula is C18H20N2O5S. The smallest absolute Gasteiger partial charge is 0.270 e. The lowest BCUT2D eigenvalue weighted by atomic mass is 10.0. The van der Waals surface area contributed by atoms with Crippen molar-refractivity contribution in [1.82, 2.24) is 4.31 Å². The van der Waals surface area contributed by atoms with E-state index in [1.807, 2.05) is 12.1 Å². The van der Waals surface area contributed by atoms with Crippen LogP contribution in [-0.2, 0) is 16.6 Å². The molecule has 1 fully saturated rings. The first-order valence-corrected chi connectivity index (χ1v) is 9.91. The predicted octanol–water partition coefficient (Wildman–Crippen LogP) is 3.20. The molecule has 0 spiro atoms. The van der Waals surface area contributed by atoms with Gasteiger partial charge >= 0.3 is 0 Å². The minimum atomic E-state index is -3.22. The SMILES string of the molecule is COc1ccc(CN2CCCCS2(=O)=O)cc1-c1cccc([N+](=O)[O-])c1. The minimum Gasteiger partial charge on any atom is -0.496 e. The number of nitro groups is 1. The van der Waals surface area contributed by atoms with Gasteiger partial charge in [-0.15, -0.1) is 0 Å². The summed E-state index contributed by atoms with van der Waals surface area (Å²) in [6.45, 7) is 0.800. The standard InChI is InChI=1S/C18H20N2O5S/c1-25-18-8-7-14(13-19-9-2-3-10-26(19,23)24)11-17(18)15-5-4-6-16(12-15)20(21)22/h4-8,11-12H,2-3,9-10,13H2,1H3. The molecule has 8 heteroatoms. The third kappa shape index (κ3) is 3.86. The number of benzene rings is 2. The topological polar surface area (TPSA) is 89.8 Å². The van der Waals surface area contributed by atoms with Gasteiger partial charge in [0, 0.05) is 30.8 Å². The molecule has 0 bridgehead atoms. The number of hydrogen-bond donors (Lipinski definition) is 0. The van der Waals surface area contributed by atoms with E-state index in [0.29, 0.717) is 29.8 Å². The van der Waals surface area contributed by atoms with Crippen molar-refractivity contribution < 1.29 is 18.1 Å². The number of hydrogen-bond acceptors (Lipinski definition) is 5. The first-order chi connectivity index (χ1) is 12.4. The molecule has 1 heterocycles. The quantitative estimate of drug-likeness (QED) is 0.590. The summed E-state index contributed by atoms with van der Waals surface area (Å²) in [5.41, 5.74) is 2.16. The average molecular weight is 376 g/mol. The highest BCUT2D eigenvalue weighted by Gasteiger charge is 2.26. The third-order valence-corrected chi connectivity index (χ3v) is 6.35. The summed E-state index contributed by atoms with van der Waals surface area (Å²) in [7, 11) is -1.69. The van der Waals surface area contributed by atoms with Crippen molar-refractivity contribution in [3.63, 3.8) is 0 Å². The molecule has 0 aromatic heterocycles. The molecule has 0 N–H and O–H groups in total. The molecule has 26 heavy (non-hydrogen) atoms. The average Bonchev–Trinajstić information content (AvgIpc) is 2.63. The Labute approximate surface area is 152 Å². The van der Waals surface area contributed by atoms with E-state index in [2.05, 4.69) is 0 Å². The van der Waals surface area contributed by atoms with Crippen molar-refractivity contribution in [2.45, 2.75) is 19.4 Å². The Morgan fingerprint density at radius 2 is 2.00 bits per heavy atom. The van der Waals surface area contributed by atoms with E-state index >= 15 is 0 Å². The fraction of sp³-hybridized carbons (Fsp3) is 0.333. The van der Waals surface area contributed by atoms with E-state index in [-0.39, 0.29) is 18.0 Å². The third-order valence-electron chi connectivity index (χ3n) is 4.44. The Kier molecular flexibility index (Phi) is 5.24. The largest absolute Gasteiger partial charge is 0.496 e. The summed E-state index contributed by atoms with van der Waals surface area (Å²) in [6, 6.07) is 11.7. The molecule has 0 saturated carbocycles. The molecule has 1 aliphatic heterocycles. The molecule has 0 unspecified atom stereocenters. The van der Waals surface area contributed by atoms with Gasteiger partial charge in [-0.1, -0.05) is 18.2 Å². The van der Waals surface area contributed by atoms with Gasteiger partial charge in [0.1, 0.15) is 5.75 Å². The van der Waals surface area contributed by atoms with Crippen molar-refractivity contribution in [2.24, 2.45) is 0 Å². The summed E-state index contributed by atoms with van der Waals surface area (Å²) in [6.07, 6.45) is 1.55. The van der Waals surface area contributed by atoms with Crippen LogP contribution in [0.3, 0.4) is 0 Å². The van der Waals surface area contributed by atoms with Gasteiger partial charge in [-0.2, -0.15) is 4.31 Å². The van der Waals surface area contributed by atoms with E-state index in [9.17, 15) is 18.5 Å². The summed E-state index contributed by atoms with van der Waals surface area (Å²) >= 11 is 0. The van der Waals surface area contributed by atoms with Crippen LogP contribution in [0.2, 0.25) is 0 Å². The van der Waals surface area contributed by atoms with Gasteiger partial charge in [0.25, 0.3) is 5.69 Å². The second-order valence-corrected chi connectivity index (χ2v) is 8.29. The molecule has 2 aromatic carbocycles. The van der Waals surface area contributed by atoms with E-state index < -0.39 is 14.9 Å². The Bertz CT molecular complexity index is 927. The summed E-state index contributed by atoms with van der Waals surface area (Å²) in [5.74, 6) is 0.761. The Balaban J connectivity index is 1.97. The van der Waals surface area contributed by atoms with Gasteiger partial charge in [-0.05, 0) is 36.1 Å². The van der Waals surface area contributed by atoms with Gasteiger partial charge in [-0.25, -0.2) is 8.42 Å². The highest BCUT2D eigenvalue weighted by Crippen LogP contribution is 2.33. The molecule has 1 aliphatic rings. The summed E-state index contributed by atoms with van der Waals surface area (Å²) < 4.78 is 31.3. The van der Waals surface area contributed by atoms with E-state index in [1.165, 1.54) is 23.5 Å². The fourth-order valence-corrected chi connectivity index (χ4v) is 4.67. The zero-order valence-electron chi connectivity index (χ0n) is 14.4. The van der Waals surface area contributed by atoms with Gasteiger partial charge in [0.05, 0.1) is 17.8 Å². The zero-order valence-corrected chi connectivity index (χ0v) is 15.2. The molecule has 7 nitrogen and oxygen atoms in total. The van der Waals surface area contributed by atoms with E-state index in [4.69, 9.17) is 4.74 Å². The van der Waals surface area contributed by atoms with Crippen LogP contribution in [0.5, 0.6) is 5.75 Å². The number of methoxy groups -OCH3 is 1. The van der Waals surface area contributed by atoms with Crippen molar-refractivity contribution in [1.29, 1.82) is 0 Å². The van der Waals surface area contributed by atoms with Crippen molar-refractivity contribution in [3.05, 3.63) is 58.1 Å². The van der Waals surface area contributed by atoms with E-state index in [1.54, 1.807) is 18.2 Å². The van der Waals surface area contributed by atoms with Gasteiger partial charge < -0.3 is 4.74 Å². The van der Waals surface area contributed by atoms with Gasteiger partial charge in [0.15, 0.2) is 0 Å². The Hall–Kier alpha value is -2.45. The lowest BCUT2D eigenvalue weighted by Gasteiger charge is -2.26. The Morgan fingerprint density at radius 3 is 2.69 bits per heavy atom. The van der Waals surface area contributed by atoms with Gasteiger partial charge in [0.2, 0.25) is 10.0 Å². The normalized spacial score (nSPS) is 17.0. The number of nitrogens with zero attached hydrogens (tertiary/aromatic N) is 2. The van der Waals surface area contributed by atoms with E-state index in [0.717, 1.165) is 12.0 Å². The van der Waals surface area contributed by atoms with Crippen LogP contribution in [0.25, 0.3) is 11.1 Å². The number of rotatable bonds is 5. The van der Waals surface area contributed by atoms with Crippen LogP contribution >= 0.6 is 0 Å². The van der Waals surface area contributed by atoms with Crippen LogP contribution in [0.15, 0.2) is 42.5 Å². The molecule has 3 rings (SSSR count). The molecule has 0 radical (unpaired) electrons. The fourth-order valence-electron chi connectivity index (χ4n) is 3.09. The molecule has 0 amide bonds. The molecule has 138 valence electrons. The molecule has 0 aliphatic carbocycles. The van der Waals surface area contributed by atoms with Crippen molar-refractivity contribution in [2.75, 3.05) is 19.4 Å². The highest BCUT2D eigenvalue weighted by molar-refractivity contribution is 7.89. The predicted molar refractivity (Wildman–Crippen MR) is 98.5 cm³/mol. The zero-order chi connectivity index (χ0) is 18.7. The number of nitro benzene ring substituents is 1. The molecule has 1 saturated heterocycles. The molecule has 0 atom stereocenters. The minimum absolute atomic E-state index is 0.00596. The van der Waals surface area contributed by atoms with Crippen molar-refractivity contribution >= 4 is 15.7 Å². The van der Waals surface area contributed by atoms with Crippen LogP contribution < -0.4 is 4.74 Å². The molecular weight excluding hydrogens is 356 g/mol. The second-order valence-electron chi connectivity index (χ2n) is 6.20. The number of non-ortho nitro benzene ring substituents is 1. The monoisotopic (exact) mass is 376 g/mol. The number of ether oxygens (including phenoxy) is 1. The maximum absolute atomic E-state index is 12.2.